The highest BCUT2D eigenvalue weighted by Gasteiger charge is 2.13. The van der Waals surface area contributed by atoms with Crippen LogP contribution in [0.15, 0.2) is 49.9 Å². The molecule has 0 aliphatic rings. The van der Waals surface area contributed by atoms with E-state index in [-0.39, 0.29) is 0 Å². The number of nitrogens with zero attached hydrogens (tertiary/aromatic N) is 2. The summed E-state index contributed by atoms with van der Waals surface area (Å²) >= 11 is 3.23. The van der Waals surface area contributed by atoms with Crippen molar-refractivity contribution in [3.05, 3.63) is 46.6 Å². The van der Waals surface area contributed by atoms with Crippen LogP contribution in [0.1, 0.15) is 5.56 Å². The largest absolute Gasteiger partial charge is 0.444 e. The van der Waals surface area contributed by atoms with Gasteiger partial charge in [0, 0.05) is 5.56 Å². The highest BCUT2D eigenvalue weighted by atomic mass is 79.9. The van der Waals surface area contributed by atoms with Crippen molar-refractivity contribution in [3.63, 3.8) is 0 Å². The van der Waals surface area contributed by atoms with Gasteiger partial charge in [0.05, 0.1) is 0 Å². The third-order valence-electron chi connectivity index (χ3n) is 2.47. The molecule has 0 fully saturated rings. The number of benzene rings is 1. The molecule has 3 aromatic rings. The lowest BCUT2D eigenvalue weighted by Gasteiger charge is -1.95. The minimum atomic E-state index is 0.372. The molecule has 0 saturated carbocycles. The molecule has 0 saturated heterocycles. The Bertz CT molecular complexity index is 688. The zero-order valence-corrected chi connectivity index (χ0v) is 11.1. The molecule has 0 radical (unpaired) electrons. The van der Waals surface area contributed by atoms with Gasteiger partial charge in [0.2, 0.25) is 5.89 Å². The average molecular weight is 305 g/mol. The minimum absolute atomic E-state index is 0.372. The summed E-state index contributed by atoms with van der Waals surface area (Å²) in [5, 5.41) is 8.00. The number of halogens is 1. The van der Waals surface area contributed by atoms with Crippen molar-refractivity contribution in [1.29, 1.82) is 0 Å². The Hall–Kier alpha value is -1.88. The summed E-state index contributed by atoms with van der Waals surface area (Å²) in [7, 11) is 0. The predicted molar refractivity (Wildman–Crippen MR) is 69.9 cm³/mol. The molecule has 0 spiro atoms. The van der Waals surface area contributed by atoms with Crippen LogP contribution in [0.3, 0.4) is 0 Å². The zero-order chi connectivity index (χ0) is 12.5. The zero-order valence-electron chi connectivity index (χ0n) is 9.55. The molecule has 1 aromatic carbocycles. The molecule has 0 aliphatic heterocycles. The van der Waals surface area contributed by atoms with Gasteiger partial charge in [0.1, 0.15) is 0 Å². The quantitative estimate of drug-likeness (QED) is 0.716. The Morgan fingerprint density at radius 2 is 1.83 bits per heavy atom. The van der Waals surface area contributed by atoms with Gasteiger partial charge in [-0.2, -0.15) is 0 Å². The van der Waals surface area contributed by atoms with Crippen LogP contribution < -0.4 is 0 Å². The molecule has 90 valence electrons. The average Bonchev–Trinajstić information content (AvgIpc) is 2.97. The molecule has 2 aromatic heterocycles. The van der Waals surface area contributed by atoms with E-state index in [1.165, 1.54) is 0 Å². The van der Waals surface area contributed by atoms with Crippen LogP contribution in [-0.4, -0.2) is 10.2 Å². The molecule has 18 heavy (non-hydrogen) atoms. The van der Waals surface area contributed by atoms with Crippen molar-refractivity contribution in [2.24, 2.45) is 0 Å². The van der Waals surface area contributed by atoms with E-state index in [1.807, 2.05) is 31.2 Å². The first-order chi connectivity index (χ1) is 8.72. The maximum Gasteiger partial charge on any atom is 0.283 e. The SMILES string of the molecule is Cc1cccc(-c2nnc(-c3ccc(Br)o3)o2)c1. The molecule has 4 nitrogen and oxygen atoms in total. The molecule has 0 aliphatic carbocycles. The maximum atomic E-state index is 5.59. The van der Waals surface area contributed by atoms with E-state index in [1.54, 1.807) is 12.1 Å². The summed E-state index contributed by atoms with van der Waals surface area (Å²) in [5.74, 6) is 1.41. The molecule has 0 amide bonds. The Labute approximate surface area is 112 Å². The van der Waals surface area contributed by atoms with Crippen LogP contribution in [0.2, 0.25) is 0 Å². The normalized spacial score (nSPS) is 10.8. The third kappa shape index (κ3) is 2.09. The highest BCUT2D eigenvalue weighted by molar-refractivity contribution is 9.10. The van der Waals surface area contributed by atoms with Gasteiger partial charge < -0.3 is 8.83 Å². The number of furan rings is 1. The van der Waals surface area contributed by atoms with Gasteiger partial charge in [-0.25, -0.2) is 0 Å². The molecular weight excluding hydrogens is 296 g/mol. The van der Waals surface area contributed by atoms with Crippen molar-refractivity contribution < 1.29 is 8.83 Å². The number of aryl methyl sites for hydroxylation is 1. The minimum Gasteiger partial charge on any atom is -0.444 e. The molecule has 0 N–H and O–H groups in total. The van der Waals surface area contributed by atoms with E-state index in [9.17, 15) is 0 Å². The van der Waals surface area contributed by atoms with Crippen LogP contribution in [-0.2, 0) is 0 Å². The van der Waals surface area contributed by atoms with E-state index >= 15 is 0 Å². The van der Waals surface area contributed by atoms with Crippen LogP contribution in [0.4, 0.5) is 0 Å². The first-order valence-corrected chi connectivity index (χ1v) is 6.18. The Morgan fingerprint density at radius 1 is 1.00 bits per heavy atom. The number of hydrogen-bond donors (Lipinski definition) is 0. The van der Waals surface area contributed by atoms with Gasteiger partial charge >= 0.3 is 0 Å². The topological polar surface area (TPSA) is 52.1 Å². The lowest BCUT2D eigenvalue weighted by Crippen LogP contribution is -1.78. The van der Waals surface area contributed by atoms with Crippen LogP contribution in [0.5, 0.6) is 0 Å². The smallest absolute Gasteiger partial charge is 0.283 e. The number of rotatable bonds is 2. The maximum absolute atomic E-state index is 5.59. The summed E-state index contributed by atoms with van der Waals surface area (Å²) in [5.41, 5.74) is 2.05. The van der Waals surface area contributed by atoms with Crippen molar-refractivity contribution in [2.75, 3.05) is 0 Å². The second kappa shape index (κ2) is 4.42. The summed E-state index contributed by atoms with van der Waals surface area (Å²) in [6.07, 6.45) is 0. The number of hydrogen-bond acceptors (Lipinski definition) is 4. The van der Waals surface area contributed by atoms with Gasteiger partial charge in [0.15, 0.2) is 10.4 Å². The van der Waals surface area contributed by atoms with Gasteiger partial charge in [0.25, 0.3) is 5.89 Å². The van der Waals surface area contributed by atoms with Gasteiger partial charge in [-0.15, -0.1) is 10.2 Å². The monoisotopic (exact) mass is 304 g/mol. The van der Waals surface area contributed by atoms with E-state index in [2.05, 4.69) is 26.1 Å². The molecule has 0 unspecified atom stereocenters. The van der Waals surface area contributed by atoms with E-state index in [0.717, 1.165) is 11.1 Å². The lowest BCUT2D eigenvalue weighted by molar-refractivity contribution is 0.509. The first-order valence-electron chi connectivity index (χ1n) is 5.38. The van der Waals surface area contributed by atoms with Crippen molar-refractivity contribution >= 4 is 15.9 Å². The Morgan fingerprint density at radius 3 is 2.56 bits per heavy atom. The van der Waals surface area contributed by atoms with Crippen LogP contribution in [0.25, 0.3) is 23.1 Å². The van der Waals surface area contributed by atoms with Gasteiger partial charge in [-0.05, 0) is 47.1 Å². The summed E-state index contributed by atoms with van der Waals surface area (Å²) < 4.78 is 11.6. The first kappa shape index (κ1) is 11.2. The molecule has 3 rings (SSSR count). The van der Waals surface area contributed by atoms with Crippen molar-refractivity contribution in [3.8, 4) is 23.1 Å². The number of aromatic nitrogens is 2. The summed E-state index contributed by atoms with van der Waals surface area (Å²) in [6.45, 7) is 2.02. The molecule has 5 heteroatoms. The second-order valence-corrected chi connectivity index (χ2v) is 4.67. The fraction of sp³-hybridized carbons (Fsp3) is 0.0769. The van der Waals surface area contributed by atoms with Crippen molar-refractivity contribution in [2.45, 2.75) is 6.92 Å². The Balaban J connectivity index is 1.99. The summed E-state index contributed by atoms with van der Waals surface area (Å²) in [4.78, 5) is 0. The molecular formula is C13H9BrN2O2. The molecule has 0 atom stereocenters. The molecule has 0 bridgehead atoms. The highest BCUT2D eigenvalue weighted by Crippen LogP contribution is 2.27. The lowest BCUT2D eigenvalue weighted by atomic mass is 10.1. The Kier molecular flexibility index (Phi) is 2.76. The van der Waals surface area contributed by atoms with E-state index in [0.29, 0.717) is 22.2 Å². The fourth-order valence-corrected chi connectivity index (χ4v) is 1.95. The third-order valence-corrected chi connectivity index (χ3v) is 2.90. The summed E-state index contributed by atoms with van der Waals surface area (Å²) in [6, 6.07) is 11.5. The van der Waals surface area contributed by atoms with Crippen LogP contribution >= 0.6 is 15.9 Å². The van der Waals surface area contributed by atoms with E-state index < -0.39 is 0 Å². The fourth-order valence-electron chi connectivity index (χ4n) is 1.65. The van der Waals surface area contributed by atoms with E-state index in [4.69, 9.17) is 8.83 Å². The van der Waals surface area contributed by atoms with Gasteiger partial charge in [-0.1, -0.05) is 17.7 Å². The van der Waals surface area contributed by atoms with Crippen LogP contribution in [0, 0.1) is 6.92 Å². The molecule has 2 heterocycles. The second-order valence-electron chi connectivity index (χ2n) is 3.89. The standard InChI is InChI=1S/C13H9BrN2O2/c1-8-3-2-4-9(7-8)12-15-16-13(18-12)10-5-6-11(14)17-10/h2-7H,1H3. The van der Waals surface area contributed by atoms with Crippen molar-refractivity contribution in [1.82, 2.24) is 10.2 Å². The predicted octanol–water partition coefficient (Wildman–Crippen LogP) is 4.07. The van der Waals surface area contributed by atoms with Gasteiger partial charge in [-0.3, -0.25) is 0 Å².